The Balaban J connectivity index is 2.25. The Morgan fingerprint density at radius 1 is 1.21 bits per heavy atom. The van der Waals surface area contributed by atoms with E-state index >= 15 is 0 Å². The van der Waals surface area contributed by atoms with E-state index < -0.39 is 17.7 Å². The minimum absolute atomic E-state index is 0.0535. The Morgan fingerprint density at radius 3 is 2.42 bits per heavy atom. The van der Waals surface area contributed by atoms with Crippen LogP contribution in [0.15, 0.2) is 48.0 Å². The van der Waals surface area contributed by atoms with E-state index in [0.717, 1.165) is 12.1 Å². The molecule has 0 spiro atoms. The maximum absolute atomic E-state index is 13.7. The summed E-state index contributed by atoms with van der Waals surface area (Å²) in [6.07, 6.45) is 1.04. The third kappa shape index (κ3) is 3.97. The fourth-order valence-corrected chi connectivity index (χ4v) is 2.05. The van der Waals surface area contributed by atoms with Crippen LogP contribution in [0.4, 0.5) is 10.1 Å². The fraction of sp³-hybridized carbons (Fsp3) is 0. The normalized spacial score (nSPS) is 10.8. The molecule has 0 saturated carbocycles. The summed E-state index contributed by atoms with van der Waals surface area (Å²) < 4.78 is 13.7. The van der Waals surface area contributed by atoms with E-state index in [1.807, 2.05) is 0 Å². The van der Waals surface area contributed by atoms with Gasteiger partial charge >= 0.3 is 0 Å². The second kappa shape index (κ2) is 7.40. The van der Waals surface area contributed by atoms with Crippen molar-refractivity contribution in [2.45, 2.75) is 0 Å². The minimum atomic E-state index is -1.35. The number of hydrogen-bond donors (Lipinski definition) is 1. The summed E-state index contributed by atoms with van der Waals surface area (Å²) in [5.41, 5.74) is -0.211. The molecule has 120 valence electrons. The number of carboxylic acids is 1. The highest BCUT2D eigenvalue weighted by molar-refractivity contribution is 6.32. The highest BCUT2D eigenvalue weighted by atomic mass is 35.5. The van der Waals surface area contributed by atoms with Crippen molar-refractivity contribution in [1.82, 2.24) is 0 Å². The smallest absolute Gasteiger partial charge is 0.266 e. The molecule has 2 rings (SSSR count). The maximum Gasteiger partial charge on any atom is 0.266 e. The highest BCUT2D eigenvalue weighted by Crippen LogP contribution is 2.22. The van der Waals surface area contributed by atoms with Gasteiger partial charge in [-0.3, -0.25) is 4.79 Å². The Bertz CT molecular complexity index is 850. The lowest BCUT2D eigenvalue weighted by Crippen LogP contribution is -2.22. The number of nitriles is 1. The van der Waals surface area contributed by atoms with Crippen LogP contribution in [0.25, 0.3) is 6.08 Å². The first-order chi connectivity index (χ1) is 11.4. The monoisotopic (exact) mass is 343 g/mol. The van der Waals surface area contributed by atoms with Crippen molar-refractivity contribution in [3.63, 3.8) is 0 Å². The molecule has 7 heteroatoms. The van der Waals surface area contributed by atoms with E-state index in [0.29, 0.717) is 0 Å². The number of nitrogens with zero attached hydrogens (tertiary/aromatic N) is 1. The van der Waals surface area contributed by atoms with Gasteiger partial charge in [-0.05, 0) is 35.9 Å². The molecule has 2 aromatic carbocycles. The molecular weight excluding hydrogens is 335 g/mol. The summed E-state index contributed by atoms with van der Waals surface area (Å²) >= 11 is 5.86. The lowest BCUT2D eigenvalue weighted by Gasteiger charge is -2.07. The van der Waals surface area contributed by atoms with Gasteiger partial charge in [0.1, 0.15) is 17.5 Å². The number of hydrogen-bond acceptors (Lipinski definition) is 4. The second-order valence-corrected chi connectivity index (χ2v) is 5.03. The predicted molar refractivity (Wildman–Crippen MR) is 84.4 cm³/mol. The summed E-state index contributed by atoms with van der Waals surface area (Å²) in [5.74, 6) is -2.79. The molecular formula is C17H9ClFN2O3-. The van der Waals surface area contributed by atoms with Crippen molar-refractivity contribution in [3.05, 3.63) is 70.0 Å². The van der Waals surface area contributed by atoms with E-state index in [2.05, 4.69) is 5.32 Å². The molecule has 2 aromatic rings. The standard InChI is InChI=1S/C17H10ClFN2O3/c18-14-2-1-3-15(19)13(14)8-11(9-20)16(22)21-12-6-4-10(5-7-12)17(23)24/h1-8H,(H,21,22)(H,23,24)/p-1/b11-8+. The number of carbonyl (C=O) groups is 2. The van der Waals surface area contributed by atoms with Crippen LogP contribution in [0.2, 0.25) is 5.02 Å². The SMILES string of the molecule is N#C/C(=C\c1c(F)cccc1Cl)C(=O)Nc1ccc(C(=O)[O-])cc1. The van der Waals surface area contributed by atoms with Crippen molar-refractivity contribution < 1.29 is 19.1 Å². The summed E-state index contributed by atoms with van der Waals surface area (Å²) in [5, 5.41) is 22.2. The summed E-state index contributed by atoms with van der Waals surface area (Å²) in [6.45, 7) is 0. The lowest BCUT2D eigenvalue weighted by molar-refractivity contribution is -0.255. The predicted octanol–water partition coefficient (Wildman–Crippen LogP) is 2.39. The van der Waals surface area contributed by atoms with Crippen LogP contribution in [-0.2, 0) is 4.79 Å². The third-order valence-electron chi connectivity index (χ3n) is 3.03. The molecule has 0 fully saturated rings. The number of halogens is 2. The molecule has 0 bridgehead atoms. The zero-order valence-electron chi connectivity index (χ0n) is 12.0. The number of carboxylic acid groups (broad SMARTS) is 1. The quantitative estimate of drug-likeness (QED) is 0.681. The zero-order chi connectivity index (χ0) is 17.7. The second-order valence-electron chi connectivity index (χ2n) is 4.62. The maximum atomic E-state index is 13.7. The van der Waals surface area contributed by atoms with Gasteiger partial charge in [0.25, 0.3) is 5.91 Å². The highest BCUT2D eigenvalue weighted by Gasteiger charge is 2.12. The average Bonchev–Trinajstić information content (AvgIpc) is 2.55. The van der Waals surface area contributed by atoms with E-state index in [1.165, 1.54) is 36.4 Å². The van der Waals surface area contributed by atoms with Crippen LogP contribution in [0.1, 0.15) is 15.9 Å². The molecule has 0 aliphatic rings. The molecule has 0 saturated heterocycles. The van der Waals surface area contributed by atoms with Gasteiger partial charge < -0.3 is 15.2 Å². The van der Waals surface area contributed by atoms with Crippen molar-refractivity contribution in [3.8, 4) is 6.07 Å². The van der Waals surface area contributed by atoms with Crippen LogP contribution >= 0.6 is 11.6 Å². The van der Waals surface area contributed by atoms with Gasteiger partial charge in [0.15, 0.2) is 0 Å². The average molecular weight is 344 g/mol. The molecule has 0 unspecified atom stereocenters. The number of benzene rings is 2. The first-order valence-corrected chi connectivity index (χ1v) is 6.98. The molecule has 1 N–H and O–H groups in total. The Morgan fingerprint density at radius 2 is 1.88 bits per heavy atom. The Hall–Kier alpha value is -3.17. The number of amides is 1. The Labute approximate surface area is 141 Å². The number of nitrogens with one attached hydrogen (secondary N) is 1. The number of carbonyl (C=O) groups excluding carboxylic acids is 2. The summed E-state index contributed by atoms with van der Waals surface area (Å²) in [7, 11) is 0. The van der Waals surface area contributed by atoms with Crippen LogP contribution in [0, 0.1) is 17.1 Å². The van der Waals surface area contributed by atoms with Crippen molar-refractivity contribution in [2.75, 3.05) is 5.32 Å². The molecule has 24 heavy (non-hydrogen) atoms. The van der Waals surface area contributed by atoms with Gasteiger partial charge in [-0.25, -0.2) is 4.39 Å². The van der Waals surface area contributed by atoms with Gasteiger partial charge in [-0.15, -0.1) is 0 Å². The van der Waals surface area contributed by atoms with E-state index in [1.54, 1.807) is 6.07 Å². The Kier molecular flexibility index (Phi) is 5.30. The van der Waals surface area contributed by atoms with E-state index in [-0.39, 0.29) is 27.4 Å². The first-order valence-electron chi connectivity index (χ1n) is 6.61. The van der Waals surface area contributed by atoms with Gasteiger partial charge in [0.05, 0.1) is 11.0 Å². The van der Waals surface area contributed by atoms with E-state index in [9.17, 15) is 19.1 Å². The number of rotatable bonds is 4. The topological polar surface area (TPSA) is 93.0 Å². The van der Waals surface area contributed by atoms with Gasteiger partial charge in [0, 0.05) is 11.3 Å². The van der Waals surface area contributed by atoms with Crippen molar-refractivity contribution in [1.29, 1.82) is 5.26 Å². The van der Waals surface area contributed by atoms with Gasteiger partial charge in [0.2, 0.25) is 0 Å². The number of aromatic carboxylic acids is 1. The van der Waals surface area contributed by atoms with E-state index in [4.69, 9.17) is 16.9 Å². The van der Waals surface area contributed by atoms with Crippen LogP contribution in [0.3, 0.4) is 0 Å². The minimum Gasteiger partial charge on any atom is -0.545 e. The molecule has 0 radical (unpaired) electrons. The lowest BCUT2D eigenvalue weighted by atomic mass is 10.1. The van der Waals surface area contributed by atoms with Crippen molar-refractivity contribution in [2.24, 2.45) is 0 Å². The van der Waals surface area contributed by atoms with Crippen LogP contribution in [-0.4, -0.2) is 11.9 Å². The molecule has 0 atom stereocenters. The number of anilines is 1. The van der Waals surface area contributed by atoms with Crippen molar-refractivity contribution >= 4 is 35.2 Å². The van der Waals surface area contributed by atoms with Gasteiger partial charge in [-0.2, -0.15) is 5.26 Å². The molecule has 0 aliphatic heterocycles. The largest absolute Gasteiger partial charge is 0.545 e. The van der Waals surface area contributed by atoms with Crippen LogP contribution < -0.4 is 10.4 Å². The fourth-order valence-electron chi connectivity index (χ4n) is 1.83. The molecule has 0 heterocycles. The molecule has 5 nitrogen and oxygen atoms in total. The molecule has 0 aromatic heterocycles. The third-order valence-corrected chi connectivity index (χ3v) is 3.36. The summed E-state index contributed by atoms with van der Waals surface area (Å²) in [6, 6.07) is 10.8. The van der Waals surface area contributed by atoms with Gasteiger partial charge in [-0.1, -0.05) is 29.8 Å². The molecule has 0 aliphatic carbocycles. The first kappa shape index (κ1) is 17.2. The summed E-state index contributed by atoms with van der Waals surface area (Å²) in [4.78, 5) is 22.8. The molecule has 1 amide bonds. The zero-order valence-corrected chi connectivity index (χ0v) is 12.8. The van der Waals surface area contributed by atoms with Crippen LogP contribution in [0.5, 0.6) is 0 Å².